The van der Waals surface area contributed by atoms with Gasteiger partial charge < -0.3 is 29.9 Å². The molecule has 3 rings (SSSR count). The number of fused-ring (bicyclic) bond motifs is 1. The molecule has 0 fully saturated rings. The molecule has 0 radical (unpaired) electrons. The Bertz CT molecular complexity index is 925. The molecular formula is C25H32O7. The van der Waals surface area contributed by atoms with Crippen molar-refractivity contribution in [3.05, 3.63) is 41.5 Å². The molecule has 1 heterocycles. The van der Waals surface area contributed by atoms with Crippen LogP contribution in [-0.2, 0) is 11.2 Å². The fourth-order valence-corrected chi connectivity index (χ4v) is 3.94. The van der Waals surface area contributed by atoms with Gasteiger partial charge in [0.25, 0.3) is 0 Å². The zero-order valence-corrected chi connectivity index (χ0v) is 18.4. The summed E-state index contributed by atoms with van der Waals surface area (Å²) >= 11 is 0. The third-order valence-electron chi connectivity index (χ3n) is 5.71. The Balaban J connectivity index is 1.63. The number of phenolic OH excluding ortho intramolecular Hbond substituents is 3. The highest BCUT2D eigenvalue weighted by molar-refractivity contribution is 5.73. The minimum Gasteiger partial charge on any atom is -0.508 e. The van der Waals surface area contributed by atoms with Gasteiger partial charge in [0, 0.05) is 30.5 Å². The highest BCUT2D eigenvalue weighted by Gasteiger charge is 2.33. The van der Waals surface area contributed by atoms with Gasteiger partial charge in [-0.1, -0.05) is 51.5 Å². The van der Waals surface area contributed by atoms with Crippen LogP contribution in [-0.4, -0.2) is 32.5 Å². The zero-order valence-electron chi connectivity index (χ0n) is 18.4. The van der Waals surface area contributed by atoms with Crippen molar-refractivity contribution in [2.75, 3.05) is 0 Å². The fourth-order valence-electron chi connectivity index (χ4n) is 3.94. The smallest absolute Gasteiger partial charge is 0.311 e. The van der Waals surface area contributed by atoms with E-state index in [4.69, 9.17) is 9.47 Å². The Morgan fingerprint density at radius 2 is 1.72 bits per heavy atom. The summed E-state index contributed by atoms with van der Waals surface area (Å²) in [4.78, 5) is 12.3. The third kappa shape index (κ3) is 6.07. The SMILES string of the molecule is CCCCCCCCCC(=O)Oc1cc(O)cc2c1CC(O)C(c1ccc(O)c(O)c1)O2. The number of rotatable bonds is 10. The summed E-state index contributed by atoms with van der Waals surface area (Å²) in [7, 11) is 0. The molecule has 2 aromatic carbocycles. The Kier molecular flexibility index (Phi) is 8.22. The number of hydrogen-bond acceptors (Lipinski definition) is 7. The van der Waals surface area contributed by atoms with Crippen molar-refractivity contribution in [2.24, 2.45) is 0 Å². The van der Waals surface area contributed by atoms with Gasteiger partial charge in [0.05, 0.1) is 6.10 Å². The van der Waals surface area contributed by atoms with Gasteiger partial charge in [0.15, 0.2) is 11.5 Å². The van der Waals surface area contributed by atoms with Gasteiger partial charge in [-0.2, -0.15) is 0 Å². The molecule has 7 nitrogen and oxygen atoms in total. The average Bonchev–Trinajstić information content (AvgIpc) is 2.75. The lowest BCUT2D eigenvalue weighted by Gasteiger charge is -2.32. The normalized spacial score (nSPS) is 17.4. The standard InChI is InChI=1S/C25H32O7/c1-2-3-4-5-6-7-8-9-24(30)31-22-13-17(26)14-23-18(22)15-21(29)25(32-23)16-10-11-19(27)20(28)12-16/h10-14,21,25-29H,2-9,15H2,1H3. The van der Waals surface area contributed by atoms with E-state index in [2.05, 4.69) is 6.92 Å². The van der Waals surface area contributed by atoms with E-state index in [1.54, 1.807) is 6.07 Å². The van der Waals surface area contributed by atoms with Crippen LogP contribution >= 0.6 is 0 Å². The summed E-state index contributed by atoms with van der Waals surface area (Å²) in [5, 5.41) is 40.0. The second kappa shape index (κ2) is 11.1. The predicted molar refractivity (Wildman–Crippen MR) is 119 cm³/mol. The first-order valence-corrected chi connectivity index (χ1v) is 11.3. The Hall–Kier alpha value is -2.93. The maximum Gasteiger partial charge on any atom is 0.311 e. The molecule has 0 saturated heterocycles. The monoisotopic (exact) mass is 444 g/mol. The first kappa shape index (κ1) is 23.7. The molecule has 0 amide bonds. The molecule has 2 atom stereocenters. The second-order valence-electron chi connectivity index (χ2n) is 8.32. The van der Waals surface area contributed by atoms with Crippen LogP contribution in [0.1, 0.15) is 75.5 Å². The van der Waals surface area contributed by atoms with Crippen LogP contribution in [0.2, 0.25) is 0 Å². The first-order valence-electron chi connectivity index (χ1n) is 11.3. The molecule has 0 saturated carbocycles. The van der Waals surface area contributed by atoms with E-state index in [-0.39, 0.29) is 41.8 Å². The van der Waals surface area contributed by atoms with Crippen molar-refractivity contribution < 1.29 is 34.7 Å². The summed E-state index contributed by atoms with van der Waals surface area (Å²) in [6, 6.07) is 6.93. The number of ether oxygens (including phenoxy) is 2. The molecule has 1 aliphatic heterocycles. The van der Waals surface area contributed by atoms with Gasteiger partial charge in [-0.3, -0.25) is 4.79 Å². The lowest BCUT2D eigenvalue weighted by atomic mass is 9.94. The molecule has 1 aliphatic rings. The van der Waals surface area contributed by atoms with E-state index in [1.807, 2.05) is 0 Å². The van der Waals surface area contributed by atoms with Gasteiger partial charge >= 0.3 is 5.97 Å². The van der Waals surface area contributed by atoms with Crippen LogP contribution in [0, 0.1) is 0 Å². The number of benzene rings is 2. The summed E-state index contributed by atoms with van der Waals surface area (Å²) in [5.74, 6) is -0.615. The number of aliphatic hydroxyl groups excluding tert-OH is 1. The molecule has 32 heavy (non-hydrogen) atoms. The molecule has 0 aliphatic carbocycles. The molecular weight excluding hydrogens is 412 g/mol. The summed E-state index contributed by atoms with van der Waals surface area (Å²) < 4.78 is 11.4. The Morgan fingerprint density at radius 1 is 1.00 bits per heavy atom. The lowest BCUT2D eigenvalue weighted by Crippen LogP contribution is -2.30. The topological polar surface area (TPSA) is 116 Å². The van der Waals surface area contributed by atoms with Gasteiger partial charge in [-0.15, -0.1) is 0 Å². The first-order chi connectivity index (χ1) is 15.4. The van der Waals surface area contributed by atoms with E-state index in [0.29, 0.717) is 16.9 Å². The fraction of sp³-hybridized carbons (Fsp3) is 0.480. The van der Waals surface area contributed by atoms with Crippen LogP contribution in [0.5, 0.6) is 28.7 Å². The predicted octanol–water partition coefficient (Wildman–Crippen LogP) is 4.89. The summed E-state index contributed by atoms with van der Waals surface area (Å²) in [6.45, 7) is 2.18. The molecule has 2 unspecified atom stereocenters. The molecule has 2 aromatic rings. The minimum absolute atomic E-state index is 0.119. The number of carbonyl (C=O) groups is 1. The lowest BCUT2D eigenvalue weighted by molar-refractivity contribution is -0.134. The number of aromatic hydroxyl groups is 3. The maximum absolute atomic E-state index is 12.3. The van der Waals surface area contributed by atoms with Crippen LogP contribution in [0.25, 0.3) is 0 Å². The van der Waals surface area contributed by atoms with Crippen molar-refractivity contribution in [2.45, 2.75) is 76.9 Å². The number of unbranched alkanes of at least 4 members (excludes halogenated alkanes) is 6. The summed E-state index contributed by atoms with van der Waals surface area (Å²) in [6.07, 6.45) is 6.31. The molecule has 0 aromatic heterocycles. The molecule has 174 valence electrons. The van der Waals surface area contributed by atoms with E-state index in [0.717, 1.165) is 19.3 Å². The van der Waals surface area contributed by atoms with Crippen molar-refractivity contribution >= 4 is 5.97 Å². The van der Waals surface area contributed by atoms with E-state index >= 15 is 0 Å². The highest BCUT2D eigenvalue weighted by atomic mass is 16.5. The maximum atomic E-state index is 12.3. The van der Waals surface area contributed by atoms with Crippen LogP contribution in [0.3, 0.4) is 0 Å². The number of esters is 1. The Labute approximate surface area is 188 Å². The van der Waals surface area contributed by atoms with E-state index in [9.17, 15) is 25.2 Å². The van der Waals surface area contributed by atoms with E-state index < -0.39 is 12.2 Å². The average molecular weight is 445 g/mol. The largest absolute Gasteiger partial charge is 0.508 e. The second-order valence-corrected chi connectivity index (χ2v) is 8.32. The number of phenols is 3. The van der Waals surface area contributed by atoms with Gasteiger partial charge in [0.2, 0.25) is 0 Å². The molecule has 4 N–H and O–H groups in total. The van der Waals surface area contributed by atoms with E-state index in [1.165, 1.54) is 49.9 Å². The summed E-state index contributed by atoms with van der Waals surface area (Å²) in [5.41, 5.74) is 0.974. The third-order valence-corrected chi connectivity index (χ3v) is 5.71. The number of carbonyl (C=O) groups excluding carboxylic acids is 1. The molecule has 0 bridgehead atoms. The van der Waals surface area contributed by atoms with Crippen LogP contribution < -0.4 is 9.47 Å². The van der Waals surface area contributed by atoms with Gasteiger partial charge in [0.1, 0.15) is 23.4 Å². The van der Waals surface area contributed by atoms with Crippen molar-refractivity contribution in [3.8, 4) is 28.7 Å². The number of hydrogen-bond donors (Lipinski definition) is 4. The number of aliphatic hydroxyl groups is 1. The highest BCUT2D eigenvalue weighted by Crippen LogP contribution is 2.43. The van der Waals surface area contributed by atoms with Crippen LogP contribution in [0.4, 0.5) is 0 Å². The zero-order chi connectivity index (χ0) is 23.1. The molecule has 0 spiro atoms. The van der Waals surface area contributed by atoms with Gasteiger partial charge in [-0.25, -0.2) is 0 Å². The Morgan fingerprint density at radius 3 is 2.44 bits per heavy atom. The van der Waals surface area contributed by atoms with Gasteiger partial charge in [-0.05, 0) is 24.1 Å². The quantitative estimate of drug-likeness (QED) is 0.178. The van der Waals surface area contributed by atoms with Crippen molar-refractivity contribution in [3.63, 3.8) is 0 Å². The van der Waals surface area contributed by atoms with Crippen molar-refractivity contribution in [1.82, 2.24) is 0 Å². The molecule has 7 heteroatoms. The minimum atomic E-state index is -0.975. The van der Waals surface area contributed by atoms with Crippen molar-refractivity contribution in [1.29, 1.82) is 0 Å². The van der Waals surface area contributed by atoms with Crippen LogP contribution in [0.15, 0.2) is 30.3 Å².